The van der Waals surface area contributed by atoms with Crippen LogP contribution in [0.3, 0.4) is 0 Å². The normalized spacial score (nSPS) is 18.7. The number of halogens is 1. The summed E-state index contributed by atoms with van der Waals surface area (Å²) in [6.45, 7) is 2.01. The molecule has 0 saturated carbocycles. The van der Waals surface area contributed by atoms with E-state index in [9.17, 15) is 0 Å². The molecule has 1 unspecified atom stereocenters. The predicted molar refractivity (Wildman–Crippen MR) is 82.4 cm³/mol. The molecule has 1 saturated heterocycles. The molecule has 1 aromatic heterocycles. The Balaban J connectivity index is 1.98. The van der Waals surface area contributed by atoms with Crippen molar-refractivity contribution >= 4 is 23.4 Å². The maximum atomic E-state index is 6.29. The number of nitrogens with one attached hydrogen (secondary N) is 1. The summed E-state index contributed by atoms with van der Waals surface area (Å²) in [4.78, 5) is 0. The van der Waals surface area contributed by atoms with E-state index in [-0.39, 0.29) is 6.04 Å². The molecule has 0 aromatic carbocycles. The molecule has 19 heavy (non-hydrogen) atoms. The number of nitrogens with zero attached hydrogens (tertiary/aromatic N) is 2. The number of hydrogen-bond acceptors (Lipinski definition) is 4. The summed E-state index contributed by atoms with van der Waals surface area (Å²) in [7, 11) is 1.88. The summed E-state index contributed by atoms with van der Waals surface area (Å²) in [6.07, 6.45) is 4.60. The summed E-state index contributed by atoms with van der Waals surface area (Å²) in [5, 5.41) is 5.09. The summed E-state index contributed by atoms with van der Waals surface area (Å²) in [5.41, 5.74) is 5.09. The van der Waals surface area contributed by atoms with Gasteiger partial charge in [0.2, 0.25) is 0 Å². The molecular formula is C13H23ClN4S. The van der Waals surface area contributed by atoms with Crippen molar-refractivity contribution in [3.8, 4) is 0 Å². The zero-order valence-corrected chi connectivity index (χ0v) is 13.2. The molecule has 1 aromatic rings. The lowest BCUT2D eigenvalue weighted by Gasteiger charge is -2.26. The van der Waals surface area contributed by atoms with Crippen LogP contribution in [0.4, 0.5) is 0 Å². The molecule has 0 aliphatic carbocycles. The van der Waals surface area contributed by atoms with Gasteiger partial charge in [0.25, 0.3) is 0 Å². The second kappa shape index (κ2) is 6.97. The van der Waals surface area contributed by atoms with Crippen LogP contribution in [0.5, 0.6) is 0 Å². The smallest absolute Gasteiger partial charge is 0.130 e. The summed E-state index contributed by atoms with van der Waals surface area (Å²) in [5.74, 6) is 9.08. The molecule has 0 amide bonds. The summed E-state index contributed by atoms with van der Waals surface area (Å²) >= 11 is 8.35. The van der Waals surface area contributed by atoms with Gasteiger partial charge in [0.15, 0.2) is 0 Å². The van der Waals surface area contributed by atoms with Crippen molar-refractivity contribution in [2.45, 2.75) is 38.6 Å². The molecule has 1 atom stereocenters. The van der Waals surface area contributed by atoms with Gasteiger partial charge < -0.3 is 0 Å². The minimum Gasteiger partial charge on any atom is -0.271 e. The second-order valence-electron chi connectivity index (χ2n) is 5.34. The summed E-state index contributed by atoms with van der Waals surface area (Å²) < 4.78 is 1.73. The molecule has 0 bridgehead atoms. The van der Waals surface area contributed by atoms with Crippen molar-refractivity contribution in [1.29, 1.82) is 0 Å². The number of rotatable bonds is 5. The van der Waals surface area contributed by atoms with Crippen LogP contribution >= 0.6 is 23.4 Å². The van der Waals surface area contributed by atoms with Crippen LogP contribution in [0.2, 0.25) is 5.15 Å². The minimum atomic E-state index is 0.286. The number of hydrogen-bond donors (Lipinski definition) is 2. The molecule has 1 aliphatic rings. The van der Waals surface area contributed by atoms with E-state index >= 15 is 0 Å². The SMILES string of the molecule is Cc1nn(C)c(Cl)c1CC(CC1CCSCC1)NN. The third-order valence-corrected chi connectivity index (χ3v) is 5.44. The van der Waals surface area contributed by atoms with Gasteiger partial charge in [-0.3, -0.25) is 16.0 Å². The fourth-order valence-electron chi connectivity index (χ4n) is 2.75. The lowest BCUT2D eigenvalue weighted by Crippen LogP contribution is -2.39. The van der Waals surface area contributed by atoms with Crippen LogP contribution < -0.4 is 11.3 Å². The number of hydrazine groups is 1. The number of nitrogens with two attached hydrogens (primary N) is 1. The average molecular weight is 303 g/mol. The molecule has 4 nitrogen and oxygen atoms in total. The third-order valence-electron chi connectivity index (χ3n) is 3.91. The van der Waals surface area contributed by atoms with Crippen molar-refractivity contribution in [2.75, 3.05) is 11.5 Å². The van der Waals surface area contributed by atoms with E-state index in [1.165, 1.54) is 24.3 Å². The van der Waals surface area contributed by atoms with Crippen LogP contribution in [-0.4, -0.2) is 27.3 Å². The van der Waals surface area contributed by atoms with Gasteiger partial charge >= 0.3 is 0 Å². The highest BCUT2D eigenvalue weighted by atomic mass is 35.5. The van der Waals surface area contributed by atoms with Gasteiger partial charge in [-0.05, 0) is 50.0 Å². The molecule has 2 heterocycles. The minimum absolute atomic E-state index is 0.286. The van der Waals surface area contributed by atoms with E-state index in [2.05, 4.69) is 22.3 Å². The molecule has 1 aliphatic heterocycles. The van der Waals surface area contributed by atoms with Crippen molar-refractivity contribution in [1.82, 2.24) is 15.2 Å². The Bertz CT molecular complexity index is 415. The highest BCUT2D eigenvalue weighted by Crippen LogP contribution is 2.28. The van der Waals surface area contributed by atoms with E-state index in [0.717, 1.165) is 35.2 Å². The Labute approximate surface area is 124 Å². The maximum absolute atomic E-state index is 6.29. The monoisotopic (exact) mass is 302 g/mol. The van der Waals surface area contributed by atoms with Gasteiger partial charge in [0, 0.05) is 18.7 Å². The molecule has 0 radical (unpaired) electrons. The Morgan fingerprint density at radius 1 is 1.53 bits per heavy atom. The lowest BCUT2D eigenvalue weighted by molar-refractivity contribution is 0.365. The van der Waals surface area contributed by atoms with E-state index in [1.54, 1.807) is 4.68 Å². The van der Waals surface area contributed by atoms with E-state index in [4.69, 9.17) is 17.4 Å². The van der Waals surface area contributed by atoms with Crippen LogP contribution in [0.25, 0.3) is 0 Å². The van der Waals surface area contributed by atoms with Crippen LogP contribution in [0.15, 0.2) is 0 Å². The first-order valence-corrected chi connectivity index (χ1v) is 8.37. The van der Waals surface area contributed by atoms with Crippen molar-refractivity contribution < 1.29 is 0 Å². The fourth-order valence-corrected chi connectivity index (χ4v) is 4.20. The van der Waals surface area contributed by atoms with Crippen molar-refractivity contribution in [2.24, 2.45) is 18.8 Å². The topological polar surface area (TPSA) is 55.9 Å². The first-order chi connectivity index (χ1) is 9.11. The van der Waals surface area contributed by atoms with Crippen molar-refractivity contribution in [3.63, 3.8) is 0 Å². The molecule has 1 fully saturated rings. The first kappa shape index (κ1) is 15.2. The largest absolute Gasteiger partial charge is 0.271 e. The van der Waals surface area contributed by atoms with Crippen LogP contribution in [0, 0.1) is 12.8 Å². The number of thioether (sulfide) groups is 1. The molecule has 6 heteroatoms. The van der Waals surface area contributed by atoms with Gasteiger partial charge in [0.05, 0.1) is 5.69 Å². The Hall–Kier alpha value is -0.230. The van der Waals surface area contributed by atoms with Crippen LogP contribution in [0.1, 0.15) is 30.5 Å². The maximum Gasteiger partial charge on any atom is 0.130 e. The lowest BCUT2D eigenvalue weighted by atomic mass is 9.91. The zero-order valence-electron chi connectivity index (χ0n) is 11.7. The number of aromatic nitrogens is 2. The van der Waals surface area contributed by atoms with Crippen LogP contribution in [-0.2, 0) is 13.5 Å². The summed E-state index contributed by atoms with van der Waals surface area (Å²) in [6, 6.07) is 0.286. The van der Waals surface area contributed by atoms with Gasteiger partial charge in [-0.2, -0.15) is 16.9 Å². The van der Waals surface area contributed by atoms with Gasteiger partial charge in [-0.15, -0.1) is 0 Å². The molecule has 108 valence electrons. The molecule has 2 rings (SSSR count). The Morgan fingerprint density at radius 2 is 2.21 bits per heavy atom. The van der Waals surface area contributed by atoms with Gasteiger partial charge in [-0.25, -0.2) is 0 Å². The highest BCUT2D eigenvalue weighted by molar-refractivity contribution is 7.99. The van der Waals surface area contributed by atoms with Gasteiger partial charge in [0.1, 0.15) is 5.15 Å². The van der Waals surface area contributed by atoms with Gasteiger partial charge in [-0.1, -0.05) is 11.6 Å². The fraction of sp³-hybridized carbons (Fsp3) is 0.769. The van der Waals surface area contributed by atoms with E-state index < -0.39 is 0 Å². The molecule has 0 spiro atoms. The quantitative estimate of drug-likeness (QED) is 0.647. The Morgan fingerprint density at radius 3 is 2.74 bits per heavy atom. The van der Waals surface area contributed by atoms with Crippen molar-refractivity contribution in [3.05, 3.63) is 16.4 Å². The highest BCUT2D eigenvalue weighted by Gasteiger charge is 2.21. The molecular weight excluding hydrogens is 280 g/mol. The number of aryl methyl sites for hydroxylation is 2. The first-order valence-electron chi connectivity index (χ1n) is 6.83. The van der Waals surface area contributed by atoms with E-state index in [0.29, 0.717) is 0 Å². The Kier molecular flexibility index (Phi) is 5.57. The second-order valence-corrected chi connectivity index (χ2v) is 6.92. The third kappa shape index (κ3) is 3.88. The zero-order chi connectivity index (χ0) is 13.8. The molecule has 3 N–H and O–H groups in total. The van der Waals surface area contributed by atoms with E-state index in [1.807, 2.05) is 14.0 Å². The standard InChI is InChI=1S/C13H23ClN4S/c1-9-12(13(14)18(2)17-9)8-11(16-15)7-10-3-5-19-6-4-10/h10-11,16H,3-8,15H2,1-2H3. The predicted octanol–water partition coefficient (Wildman–Crippen LogP) is 2.29. The average Bonchev–Trinajstić information content (AvgIpc) is 2.65.